The number of aliphatic hydroxyl groups is 1. The number of rotatable bonds is 6. The van der Waals surface area contributed by atoms with Crippen LogP contribution in [0.4, 0.5) is 0 Å². The number of hydrogen-bond acceptors (Lipinski definition) is 3. The lowest BCUT2D eigenvalue weighted by atomic mass is 9.77. The molecule has 0 aliphatic heterocycles. The van der Waals surface area contributed by atoms with E-state index in [0.717, 1.165) is 11.8 Å². The Kier molecular flexibility index (Phi) is 6.90. The molecule has 2 N–H and O–H groups in total. The summed E-state index contributed by atoms with van der Waals surface area (Å²) in [7, 11) is 0. The summed E-state index contributed by atoms with van der Waals surface area (Å²) in [6.45, 7) is 7.17. The Morgan fingerprint density at radius 2 is 1.88 bits per heavy atom. The first kappa shape index (κ1) is 15.3. The molecule has 0 bridgehead atoms. The van der Waals surface area contributed by atoms with Crippen molar-refractivity contribution >= 4 is 11.8 Å². The molecule has 2 nitrogen and oxygen atoms in total. The summed E-state index contributed by atoms with van der Waals surface area (Å²) in [5.74, 6) is 1.58. The fraction of sp³-hybridized carbons (Fsp3) is 1.00. The summed E-state index contributed by atoms with van der Waals surface area (Å²) in [6, 6.07) is 1.05. The van der Waals surface area contributed by atoms with E-state index in [-0.39, 0.29) is 6.61 Å². The van der Waals surface area contributed by atoms with Gasteiger partial charge in [-0.25, -0.2) is 0 Å². The summed E-state index contributed by atoms with van der Waals surface area (Å²) in [6.07, 6.45) is 7.50. The number of thioether (sulfide) groups is 1. The summed E-state index contributed by atoms with van der Waals surface area (Å²) in [4.78, 5) is 0. The third-order valence-electron chi connectivity index (χ3n) is 4.19. The van der Waals surface area contributed by atoms with Gasteiger partial charge in [0.15, 0.2) is 0 Å². The Hall–Kier alpha value is 0.270. The van der Waals surface area contributed by atoms with E-state index in [1.54, 1.807) is 11.8 Å². The van der Waals surface area contributed by atoms with Crippen molar-refractivity contribution in [3.05, 3.63) is 0 Å². The lowest BCUT2D eigenvalue weighted by molar-refractivity contribution is 0.185. The Balaban J connectivity index is 2.52. The van der Waals surface area contributed by atoms with Crippen LogP contribution in [0.5, 0.6) is 0 Å². The van der Waals surface area contributed by atoms with Crippen LogP contribution in [-0.4, -0.2) is 35.3 Å². The van der Waals surface area contributed by atoms with Crippen LogP contribution in [0.2, 0.25) is 0 Å². The SMILES string of the molecule is CSC(CO)C(C)NC1CCCCC1C(C)C. The lowest BCUT2D eigenvalue weighted by Crippen LogP contribution is -2.49. The van der Waals surface area contributed by atoms with Crippen molar-refractivity contribution in [2.45, 2.75) is 63.8 Å². The van der Waals surface area contributed by atoms with Crippen molar-refractivity contribution < 1.29 is 5.11 Å². The van der Waals surface area contributed by atoms with Gasteiger partial charge in [0.05, 0.1) is 6.61 Å². The molecular formula is C14H29NOS. The van der Waals surface area contributed by atoms with Gasteiger partial charge in [-0.2, -0.15) is 11.8 Å². The molecule has 0 amide bonds. The highest BCUT2D eigenvalue weighted by atomic mass is 32.2. The van der Waals surface area contributed by atoms with Gasteiger partial charge in [0.2, 0.25) is 0 Å². The van der Waals surface area contributed by atoms with E-state index in [2.05, 4.69) is 32.3 Å². The van der Waals surface area contributed by atoms with Crippen molar-refractivity contribution in [3.8, 4) is 0 Å². The average Bonchev–Trinajstić information content (AvgIpc) is 2.31. The molecule has 0 aromatic heterocycles. The zero-order valence-electron chi connectivity index (χ0n) is 11.8. The van der Waals surface area contributed by atoms with Crippen molar-refractivity contribution in [2.24, 2.45) is 11.8 Å². The highest BCUT2D eigenvalue weighted by Crippen LogP contribution is 2.30. The van der Waals surface area contributed by atoms with Crippen LogP contribution in [0, 0.1) is 11.8 Å². The molecular weight excluding hydrogens is 230 g/mol. The summed E-state index contributed by atoms with van der Waals surface area (Å²) >= 11 is 1.76. The van der Waals surface area contributed by atoms with Crippen molar-refractivity contribution in [2.75, 3.05) is 12.9 Å². The number of nitrogens with one attached hydrogen (secondary N) is 1. The third-order valence-corrected chi connectivity index (χ3v) is 5.36. The molecule has 0 heterocycles. The summed E-state index contributed by atoms with van der Waals surface area (Å²) < 4.78 is 0. The summed E-state index contributed by atoms with van der Waals surface area (Å²) in [5, 5.41) is 13.4. The second kappa shape index (κ2) is 7.65. The minimum atomic E-state index is 0.272. The molecule has 1 fully saturated rings. The van der Waals surface area contributed by atoms with E-state index in [1.807, 2.05) is 0 Å². The lowest BCUT2D eigenvalue weighted by Gasteiger charge is -2.38. The minimum absolute atomic E-state index is 0.272. The molecule has 17 heavy (non-hydrogen) atoms. The molecule has 0 saturated heterocycles. The molecule has 1 saturated carbocycles. The van der Waals surface area contributed by atoms with Crippen LogP contribution in [0.25, 0.3) is 0 Å². The molecule has 102 valence electrons. The van der Waals surface area contributed by atoms with E-state index >= 15 is 0 Å². The van der Waals surface area contributed by atoms with E-state index in [1.165, 1.54) is 25.7 Å². The van der Waals surface area contributed by atoms with Gasteiger partial charge in [-0.3, -0.25) is 0 Å². The van der Waals surface area contributed by atoms with E-state index in [4.69, 9.17) is 0 Å². The van der Waals surface area contributed by atoms with E-state index < -0.39 is 0 Å². The number of hydrogen-bond donors (Lipinski definition) is 2. The first-order valence-corrected chi connectivity index (χ1v) is 8.28. The topological polar surface area (TPSA) is 32.3 Å². The Morgan fingerprint density at radius 3 is 2.41 bits per heavy atom. The van der Waals surface area contributed by atoms with Gasteiger partial charge in [-0.15, -0.1) is 0 Å². The molecule has 1 aliphatic carbocycles. The maximum atomic E-state index is 9.34. The van der Waals surface area contributed by atoms with E-state index in [9.17, 15) is 5.11 Å². The first-order chi connectivity index (χ1) is 8.10. The Morgan fingerprint density at radius 1 is 1.24 bits per heavy atom. The highest BCUT2D eigenvalue weighted by molar-refractivity contribution is 7.99. The maximum Gasteiger partial charge on any atom is 0.0564 e. The quantitative estimate of drug-likeness (QED) is 0.769. The fourth-order valence-electron chi connectivity index (χ4n) is 3.05. The largest absolute Gasteiger partial charge is 0.395 e. The van der Waals surface area contributed by atoms with Crippen molar-refractivity contribution in [1.29, 1.82) is 0 Å². The highest BCUT2D eigenvalue weighted by Gasteiger charge is 2.29. The fourth-order valence-corrected chi connectivity index (χ4v) is 3.68. The molecule has 4 unspecified atom stereocenters. The zero-order chi connectivity index (χ0) is 12.8. The predicted molar refractivity (Wildman–Crippen MR) is 77.6 cm³/mol. The molecule has 0 aromatic rings. The van der Waals surface area contributed by atoms with Gasteiger partial charge in [-0.1, -0.05) is 26.7 Å². The van der Waals surface area contributed by atoms with Gasteiger partial charge in [-0.05, 0) is 37.9 Å². The van der Waals surface area contributed by atoms with Crippen LogP contribution in [0.15, 0.2) is 0 Å². The van der Waals surface area contributed by atoms with Gasteiger partial charge < -0.3 is 10.4 Å². The van der Waals surface area contributed by atoms with Crippen LogP contribution >= 0.6 is 11.8 Å². The Labute approximate surface area is 111 Å². The van der Waals surface area contributed by atoms with Gasteiger partial charge >= 0.3 is 0 Å². The van der Waals surface area contributed by atoms with Gasteiger partial charge in [0.25, 0.3) is 0 Å². The molecule has 0 radical (unpaired) electrons. The van der Waals surface area contributed by atoms with Gasteiger partial charge in [0, 0.05) is 17.3 Å². The first-order valence-electron chi connectivity index (χ1n) is 6.99. The average molecular weight is 259 g/mol. The molecule has 0 spiro atoms. The van der Waals surface area contributed by atoms with Crippen molar-refractivity contribution in [3.63, 3.8) is 0 Å². The zero-order valence-corrected chi connectivity index (χ0v) is 12.6. The maximum absolute atomic E-state index is 9.34. The molecule has 3 heteroatoms. The van der Waals surface area contributed by atoms with Crippen LogP contribution < -0.4 is 5.32 Å². The van der Waals surface area contributed by atoms with Crippen LogP contribution in [0.3, 0.4) is 0 Å². The second-order valence-electron chi connectivity index (χ2n) is 5.71. The third kappa shape index (κ3) is 4.46. The normalized spacial score (nSPS) is 29.3. The van der Waals surface area contributed by atoms with E-state index in [0.29, 0.717) is 17.3 Å². The second-order valence-corrected chi connectivity index (χ2v) is 6.79. The van der Waals surface area contributed by atoms with Gasteiger partial charge in [0.1, 0.15) is 0 Å². The standard InChI is InChI=1S/C14H29NOS/c1-10(2)12-7-5-6-8-13(12)15-11(3)14(9-16)17-4/h10-16H,5-9H2,1-4H3. The molecule has 1 rings (SSSR count). The number of aliphatic hydroxyl groups excluding tert-OH is 1. The molecule has 1 aliphatic rings. The summed E-state index contributed by atoms with van der Waals surface area (Å²) in [5.41, 5.74) is 0. The van der Waals surface area contributed by atoms with Crippen molar-refractivity contribution in [1.82, 2.24) is 5.32 Å². The molecule has 4 atom stereocenters. The van der Waals surface area contributed by atoms with Crippen LogP contribution in [-0.2, 0) is 0 Å². The predicted octanol–water partition coefficient (Wildman–Crippen LogP) is 2.90. The smallest absolute Gasteiger partial charge is 0.0564 e. The Bertz CT molecular complexity index is 206. The van der Waals surface area contributed by atoms with Crippen LogP contribution in [0.1, 0.15) is 46.5 Å². The molecule has 0 aromatic carbocycles. The monoisotopic (exact) mass is 259 g/mol. The minimum Gasteiger partial charge on any atom is -0.395 e.